The van der Waals surface area contributed by atoms with Crippen LogP contribution in [0.2, 0.25) is 0 Å². The van der Waals surface area contributed by atoms with Crippen LogP contribution in [-0.4, -0.2) is 38.7 Å². The van der Waals surface area contributed by atoms with E-state index in [4.69, 9.17) is 14.2 Å². The van der Waals surface area contributed by atoms with E-state index >= 15 is 0 Å². The monoisotopic (exact) mass is 534 g/mol. The molecule has 0 saturated carbocycles. The number of barbiturate groups is 1. The van der Waals surface area contributed by atoms with Crippen LogP contribution in [0.5, 0.6) is 17.2 Å². The van der Waals surface area contributed by atoms with Gasteiger partial charge < -0.3 is 14.2 Å². The Morgan fingerprint density at radius 1 is 1.10 bits per heavy atom. The van der Waals surface area contributed by atoms with Gasteiger partial charge >= 0.3 is 6.03 Å². The summed E-state index contributed by atoms with van der Waals surface area (Å²) in [5.74, 6) is 0.0217. The molecule has 0 aliphatic carbocycles. The first-order valence-corrected chi connectivity index (χ1v) is 10.1. The lowest BCUT2D eigenvalue weighted by Crippen LogP contribution is -2.54. The number of nitrogens with zero attached hydrogens (tertiary/aromatic N) is 1. The van der Waals surface area contributed by atoms with Gasteiger partial charge in [0, 0.05) is 0 Å². The summed E-state index contributed by atoms with van der Waals surface area (Å²) in [6.07, 6.45) is 3.02. The number of hydrogen-bond acceptors (Lipinski definition) is 6. The average Bonchev–Trinajstić information content (AvgIpc) is 2.76. The van der Waals surface area contributed by atoms with Crippen molar-refractivity contribution in [1.82, 2.24) is 5.32 Å². The van der Waals surface area contributed by atoms with Crippen LogP contribution >= 0.6 is 22.6 Å². The Balaban J connectivity index is 1.99. The second-order valence-corrected chi connectivity index (χ2v) is 7.45. The number of carbonyl (C=O) groups is 3. The van der Waals surface area contributed by atoms with E-state index in [1.54, 1.807) is 42.5 Å². The van der Waals surface area contributed by atoms with Crippen molar-refractivity contribution in [3.05, 3.63) is 63.8 Å². The minimum atomic E-state index is -0.822. The molecule has 1 fully saturated rings. The molecule has 3 rings (SSSR count). The molecule has 0 unspecified atom stereocenters. The molecule has 0 bridgehead atoms. The highest BCUT2D eigenvalue weighted by atomic mass is 127. The van der Waals surface area contributed by atoms with Crippen LogP contribution in [0.15, 0.2) is 54.6 Å². The molecular formula is C22H19IN2O6. The molecule has 0 aromatic heterocycles. The molecule has 2 aromatic carbocycles. The van der Waals surface area contributed by atoms with Crippen LogP contribution in [0.4, 0.5) is 10.5 Å². The molecule has 1 heterocycles. The third-order valence-electron chi connectivity index (χ3n) is 4.34. The summed E-state index contributed by atoms with van der Waals surface area (Å²) in [6, 6.07) is 8.90. The van der Waals surface area contributed by atoms with Gasteiger partial charge in [-0.3, -0.25) is 14.9 Å². The zero-order valence-electron chi connectivity index (χ0n) is 16.8. The SMILES string of the molecule is C=CCOc1c(I)cc(/C=C2/C(=O)NC(=O)N(c3ccc(OC)cc3)C2=O)cc1OC. The maximum absolute atomic E-state index is 13.0. The largest absolute Gasteiger partial charge is 0.497 e. The highest BCUT2D eigenvalue weighted by molar-refractivity contribution is 14.1. The van der Waals surface area contributed by atoms with Crippen molar-refractivity contribution in [2.45, 2.75) is 0 Å². The Morgan fingerprint density at radius 3 is 2.42 bits per heavy atom. The van der Waals surface area contributed by atoms with Crippen molar-refractivity contribution >= 4 is 52.2 Å². The second kappa shape index (κ2) is 9.65. The number of urea groups is 1. The second-order valence-electron chi connectivity index (χ2n) is 6.29. The Labute approximate surface area is 192 Å². The fourth-order valence-electron chi connectivity index (χ4n) is 2.90. The van der Waals surface area contributed by atoms with Gasteiger partial charge in [0.25, 0.3) is 11.8 Å². The van der Waals surface area contributed by atoms with E-state index in [0.29, 0.717) is 35.1 Å². The quantitative estimate of drug-likeness (QED) is 0.253. The Kier molecular flexibility index (Phi) is 6.95. The number of anilines is 1. The number of amides is 4. The molecule has 0 spiro atoms. The van der Waals surface area contributed by atoms with E-state index < -0.39 is 17.8 Å². The van der Waals surface area contributed by atoms with Gasteiger partial charge in [0.2, 0.25) is 0 Å². The number of ether oxygens (including phenoxy) is 3. The number of halogens is 1. The van der Waals surface area contributed by atoms with Crippen LogP contribution in [-0.2, 0) is 9.59 Å². The molecule has 1 N–H and O–H groups in total. The average molecular weight is 534 g/mol. The standard InChI is InChI=1S/C22H19IN2O6/c1-4-9-31-19-17(23)11-13(12-18(19)30-3)10-16-20(26)24-22(28)25(21(16)27)14-5-7-15(29-2)8-6-14/h4-8,10-12H,1,9H2,2-3H3,(H,24,26,28)/b16-10-. The van der Waals surface area contributed by atoms with E-state index in [0.717, 1.165) is 8.47 Å². The summed E-state index contributed by atoms with van der Waals surface area (Å²) in [7, 11) is 3.00. The third-order valence-corrected chi connectivity index (χ3v) is 5.14. The van der Waals surface area contributed by atoms with Crippen molar-refractivity contribution in [2.24, 2.45) is 0 Å². The predicted octanol–water partition coefficient (Wildman–Crippen LogP) is 3.54. The molecule has 0 radical (unpaired) electrons. The fraction of sp³-hybridized carbons (Fsp3) is 0.136. The fourth-order valence-corrected chi connectivity index (χ4v) is 3.68. The van der Waals surface area contributed by atoms with Gasteiger partial charge in [0.05, 0.1) is 23.5 Å². The molecule has 0 atom stereocenters. The summed E-state index contributed by atoms with van der Waals surface area (Å²) in [5, 5.41) is 2.20. The maximum Gasteiger partial charge on any atom is 0.335 e. The molecule has 1 aliphatic heterocycles. The predicted molar refractivity (Wildman–Crippen MR) is 123 cm³/mol. The van der Waals surface area contributed by atoms with Crippen LogP contribution in [0, 0.1) is 3.57 Å². The molecule has 9 heteroatoms. The number of methoxy groups -OCH3 is 2. The molecule has 1 saturated heterocycles. The number of rotatable bonds is 7. The van der Waals surface area contributed by atoms with Gasteiger partial charge in [0.15, 0.2) is 11.5 Å². The van der Waals surface area contributed by atoms with E-state index in [-0.39, 0.29) is 5.57 Å². The van der Waals surface area contributed by atoms with E-state index in [1.807, 2.05) is 0 Å². The van der Waals surface area contributed by atoms with Crippen molar-refractivity contribution in [1.29, 1.82) is 0 Å². The first-order chi connectivity index (χ1) is 14.9. The first-order valence-electron chi connectivity index (χ1n) is 9.06. The van der Waals surface area contributed by atoms with E-state index in [1.165, 1.54) is 20.3 Å². The number of imide groups is 2. The minimum Gasteiger partial charge on any atom is -0.497 e. The lowest BCUT2D eigenvalue weighted by molar-refractivity contribution is -0.122. The van der Waals surface area contributed by atoms with E-state index in [9.17, 15) is 14.4 Å². The lowest BCUT2D eigenvalue weighted by Gasteiger charge is -2.26. The number of carbonyl (C=O) groups excluding carboxylic acids is 3. The highest BCUT2D eigenvalue weighted by Gasteiger charge is 2.36. The van der Waals surface area contributed by atoms with Gasteiger partial charge in [-0.2, -0.15) is 0 Å². The third kappa shape index (κ3) is 4.71. The van der Waals surface area contributed by atoms with Gasteiger partial charge in [0.1, 0.15) is 17.9 Å². The van der Waals surface area contributed by atoms with Crippen LogP contribution in [0.1, 0.15) is 5.56 Å². The normalized spacial score (nSPS) is 15.0. The Hall–Kier alpha value is -3.34. The molecule has 4 amide bonds. The molecule has 1 aliphatic rings. The number of hydrogen-bond donors (Lipinski definition) is 1. The highest BCUT2D eigenvalue weighted by Crippen LogP contribution is 2.35. The molecule has 31 heavy (non-hydrogen) atoms. The summed E-state index contributed by atoms with van der Waals surface area (Å²) < 4.78 is 16.8. The van der Waals surface area contributed by atoms with Crippen molar-refractivity contribution < 1.29 is 28.6 Å². The van der Waals surface area contributed by atoms with Gasteiger partial charge in [-0.05, 0) is 70.6 Å². The van der Waals surface area contributed by atoms with Crippen LogP contribution < -0.4 is 24.4 Å². The van der Waals surface area contributed by atoms with Crippen molar-refractivity contribution in [3.63, 3.8) is 0 Å². The molecule has 8 nitrogen and oxygen atoms in total. The molecule has 160 valence electrons. The van der Waals surface area contributed by atoms with E-state index in [2.05, 4.69) is 34.5 Å². The molecular weight excluding hydrogens is 515 g/mol. The zero-order valence-corrected chi connectivity index (χ0v) is 19.0. The van der Waals surface area contributed by atoms with Gasteiger partial charge in [-0.1, -0.05) is 12.7 Å². The van der Waals surface area contributed by atoms with Gasteiger partial charge in [-0.15, -0.1) is 0 Å². The topological polar surface area (TPSA) is 94.2 Å². The summed E-state index contributed by atoms with van der Waals surface area (Å²) in [4.78, 5) is 38.7. The summed E-state index contributed by atoms with van der Waals surface area (Å²) in [6.45, 7) is 3.92. The smallest absolute Gasteiger partial charge is 0.335 e. The summed E-state index contributed by atoms with van der Waals surface area (Å²) >= 11 is 2.07. The minimum absolute atomic E-state index is 0.187. The Morgan fingerprint density at radius 2 is 1.81 bits per heavy atom. The van der Waals surface area contributed by atoms with Crippen molar-refractivity contribution in [3.8, 4) is 17.2 Å². The van der Waals surface area contributed by atoms with Gasteiger partial charge in [-0.25, -0.2) is 9.69 Å². The first kappa shape index (κ1) is 22.3. The zero-order chi connectivity index (χ0) is 22.5. The molecule has 2 aromatic rings. The van der Waals surface area contributed by atoms with Crippen LogP contribution in [0.25, 0.3) is 6.08 Å². The number of benzene rings is 2. The van der Waals surface area contributed by atoms with Crippen molar-refractivity contribution in [2.75, 3.05) is 25.7 Å². The Bertz CT molecular complexity index is 1080. The van der Waals surface area contributed by atoms with Crippen LogP contribution in [0.3, 0.4) is 0 Å². The number of nitrogens with one attached hydrogen (secondary N) is 1. The maximum atomic E-state index is 13.0. The lowest BCUT2D eigenvalue weighted by atomic mass is 10.1. The summed E-state index contributed by atoms with van der Waals surface area (Å²) in [5.41, 5.74) is 0.657.